The van der Waals surface area contributed by atoms with Crippen molar-refractivity contribution in [3.8, 4) is 0 Å². The highest BCUT2D eigenvalue weighted by atomic mass is 79.9. The largest absolute Gasteiger partial charge is 0.378 e. The van der Waals surface area contributed by atoms with Crippen LogP contribution in [0.2, 0.25) is 0 Å². The van der Waals surface area contributed by atoms with Crippen LogP contribution in [0.5, 0.6) is 0 Å². The molecule has 1 fully saturated rings. The molecule has 0 saturated carbocycles. The maximum absolute atomic E-state index is 11.7. The van der Waals surface area contributed by atoms with E-state index in [0.29, 0.717) is 18.3 Å². The molecule has 5 heteroatoms. The Morgan fingerprint density at radius 2 is 2.47 bits per heavy atom. The van der Waals surface area contributed by atoms with Crippen molar-refractivity contribution >= 4 is 21.8 Å². The lowest BCUT2D eigenvalue weighted by atomic mass is 10.2. The number of halogens is 1. The maximum atomic E-state index is 11.7. The molecule has 0 aliphatic carbocycles. The number of aromatic nitrogens is 1. The molecule has 92 valence electrons. The zero-order valence-electron chi connectivity index (χ0n) is 9.49. The number of ether oxygens (including phenoxy) is 1. The minimum absolute atomic E-state index is 0.129. The number of hydrogen-bond acceptors (Lipinski definition) is 3. The van der Waals surface area contributed by atoms with Crippen LogP contribution in [0, 0.1) is 0 Å². The van der Waals surface area contributed by atoms with E-state index in [1.807, 2.05) is 6.07 Å². The summed E-state index contributed by atoms with van der Waals surface area (Å²) in [6, 6.07) is 3.51. The van der Waals surface area contributed by atoms with Crippen molar-refractivity contribution in [3.63, 3.8) is 0 Å². The van der Waals surface area contributed by atoms with E-state index in [1.54, 1.807) is 12.3 Å². The van der Waals surface area contributed by atoms with Crippen molar-refractivity contribution in [2.45, 2.75) is 25.4 Å². The molecule has 1 unspecified atom stereocenters. The van der Waals surface area contributed by atoms with Gasteiger partial charge in [-0.1, -0.05) is 0 Å². The third kappa shape index (κ3) is 3.78. The van der Waals surface area contributed by atoms with E-state index < -0.39 is 0 Å². The highest BCUT2D eigenvalue weighted by Gasteiger charge is 2.15. The summed E-state index contributed by atoms with van der Waals surface area (Å²) in [6.45, 7) is 1.49. The fourth-order valence-electron chi connectivity index (χ4n) is 1.82. The molecule has 1 aliphatic heterocycles. The van der Waals surface area contributed by atoms with Crippen LogP contribution in [0.3, 0.4) is 0 Å². The van der Waals surface area contributed by atoms with E-state index in [9.17, 15) is 4.79 Å². The predicted molar refractivity (Wildman–Crippen MR) is 67.9 cm³/mol. The Balaban J connectivity index is 1.75. The molecule has 0 aromatic carbocycles. The lowest BCUT2D eigenvalue weighted by molar-refractivity contribution is 0.0903. The summed E-state index contributed by atoms with van der Waals surface area (Å²) < 4.78 is 6.35. The molecule has 2 heterocycles. The van der Waals surface area contributed by atoms with Crippen LogP contribution in [-0.4, -0.2) is 30.1 Å². The van der Waals surface area contributed by atoms with Crippen LogP contribution >= 0.6 is 15.9 Å². The van der Waals surface area contributed by atoms with Gasteiger partial charge in [-0.05, 0) is 47.3 Å². The molecule has 2 rings (SSSR count). The van der Waals surface area contributed by atoms with Crippen LogP contribution in [0.25, 0.3) is 0 Å². The standard InChI is InChI=1S/C12H15BrN2O2/c13-9-3-4-11(15-8-9)12(16)14-6-5-10-2-1-7-17-10/h3-4,8,10H,1-2,5-7H2,(H,14,16). The topological polar surface area (TPSA) is 51.2 Å². The Morgan fingerprint density at radius 3 is 3.12 bits per heavy atom. The summed E-state index contributed by atoms with van der Waals surface area (Å²) in [4.78, 5) is 15.7. The molecule has 17 heavy (non-hydrogen) atoms. The third-order valence-corrected chi connectivity index (χ3v) is 3.20. The molecule has 0 spiro atoms. The number of carbonyl (C=O) groups is 1. The van der Waals surface area contributed by atoms with Gasteiger partial charge >= 0.3 is 0 Å². The quantitative estimate of drug-likeness (QED) is 0.926. The maximum Gasteiger partial charge on any atom is 0.269 e. The number of carbonyl (C=O) groups excluding carboxylic acids is 1. The van der Waals surface area contributed by atoms with Crippen molar-refractivity contribution in [2.75, 3.05) is 13.2 Å². The number of amides is 1. The zero-order valence-corrected chi connectivity index (χ0v) is 11.1. The molecule has 1 atom stereocenters. The summed E-state index contributed by atoms with van der Waals surface area (Å²) in [6.07, 6.45) is 5.05. The molecule has 0 radical (unpaired) electrons. The van der Waals surface area contributed by atoms with Gasteiger partial charge in [-0.3, -0.25) is 4.79 Å². The molecule has 1 aromatic rings. The number of pyridine rings is 1. The van der Waals surface area contributed by atoms with Gasteiger partial charge in [0.15, 0.2) is 0 Å². The molecule has 4 nitrogen and oxygen atoms in total. The first kappa shape index (κ1) is 12.5. The van der Waals surface area contributed by atoms with Gasteiger partial charge in [0.05, 0.1) is 6.10 Å². The molecule has 1 saturated heterocycles. The predicted octanol–water partition coefficient (Wildman–Crippen LogP) is 2.14. The molecule has 1 aromatic heterocycles. The van der Waals surface area contributed by atoms with Gasteiger partial charge in [-0.15, -0.1) is 0 Å². The van der Waals surface area contributed by atoms with Gasteiger partial charge in [0.2, 0.25) is 0 Å². The van der Waals surface area contributed by atoms with Crippen molar-refractivity contribution in [1.29, 1.82) is 0 Å². The third-order valence-electron chi connectivity index (χ3n) is 2.74. The highest BCUT2D eigenvalue weighted by molar-refractivity contribution is 9.10. The average molecular weight is 299 g/mol. The fraction of sp³-hybridized carbons (Fsp3) is 0.500. The first-order chi connectivity index (χ1) is 8.25. The average Bonchev–Trinajstić information content (AvgIpc) is 2.83. The van der Waals surface area contributed by atoms with Crippen LogP contribution in [-0.2, 0) is 4.74 Å². The number of rotatable bonds is 4. The lowest BCUT2D eigenvalue weighted by Gasteiger charge is -2.09. The second-order valence-electron chi connectivity index (χ2n) is 4.04. The number of nitrogens with zero attached hydrogens (tertiary/aromatic N) is 1. The van der Waals surface area contributed by atoms with E-state index >= 15 is 0 Å². The van der Waals surface area contributed by atoms with E-state index in [0.717, 1.165) is 30.3 Å². The van der Waals surface area contributed by atoms with E-state index in [1.165, 1.54) is 0 Å². The first-order valence-corrected chi connectivity index (χ1v) is 6.56. The van der Waals surface area contributed by atoms with Gasteiger partial charge in [0.1, 0.15) is 5.69 Å². The van der Waals surface area contributed by atoms with Gasteiger partial charge in [-0.25, -0.2) is 4.98 Å². The molecule has 1 N–H and O–H groups in total. The van der Waals surface area contributed by atoms with Crippen molar-refractivity contribution < 1.29 is 9.53 Å². The van der Waals surface area contributed by atoms with E-state index in [4.69, 9.17) is 4.74 Å². The zero-order chi connectivity index (χ0) is 12.1. The van der Waals surface area contributed by atoms with Crippen LogP contribution in [0.1, 0.15) is 29.8 Å². The van der Waals surface area contributed by atoms with Crippen molar-refractivity contribution in [2.24, 2.45) is 0 Å². The Kier molecular flexibility index (Phi) is 4.50. The minimum Gasteiger partial charge on any atom is -0.378 e. The molecule has 1 amide bonds. The van der Waals surface area contributed by atoms with Gasteiger partial charge < -0.3 is 10.1 Å². The first-order valence-electron chi connectivity index (χ1n) is 5.77. The lowest BCUT2D eigenvalue weighted by Crippen LogP contribution is -2.27. The molecule has 1 aliphatic rings. The summed E-state index contributed by atoms with van der Waals surface area (Å²) in [5.74, 6) is -0.129. The molecular weight excluding hydrogens is 284 g/mol. The molecule has 0 bridgehead atoms. The summed E-state index contributed by atoms with van der Waals surface area (Å²) in [5, 5.41) is 2.85. The minimum atomic E-state index is -0.129. The van der Waals surface area contributed by atoms with Crippen LogP contribution in [0.4, 0.5) is 0 Å². The smallest absolute Gasteiger partial charge is 0.269 e. The van der Waals surface area contributed by atoms with Gasteiger partial charge in [-0.2, -0.15) is 0 Å². The summed E-state index contributed by atoms with van der Waals surface area (Å²) in [5.41, 5.74) is 0.445. The monoisotopic (exact) mass is 298 g/mol. The second-order valence-corrected chi connectivity index (χ2v) is 4.96. The Bertz CT molecular complexity index is 375. The van der Waals surface area contributed by atoms with Gasteiger partial charge in [0, 0.05) is 23.8 Å². The Hall–Kier alpha value is -0.940. The SMILES string of the molecule is O=C(NCCC1CCCO1)c1ccc(Br)cn1. The van der Waals surface area contributed by atoms with E-state index in [-0.39, 0.29) is 5.91 Å². The van der Waals surface area contributed by atoms with Crippen molar-refractivity contribution in [1.82, 2.24) is 10.3 Å². The van der Waals surface area contributed by atoms with Crippen LogP contribution < -0.4 is 5.32 Å². The number of nitrogens with one attached hydrogen (secondary N) is 1. The van der Waals surface area contributed by atoms with Gasteiger partial charge in [0.25, 0.3) is 5.91 Å². The Morgan fingerprint density at radius 1 is 1.59 bits per heavy atom. The second kappa shape index (κ2) is 6.12. The number of hydrogen-bond donors (Lipinski definition) is 1. The van der Waals surface area contributed by atoms with Crippen molar-refractivity contribution in [3.05, 3.63) is 28.5 Å². The summed E-state index contributed by atoms with van der Waals surface area (Å²) >= 11 is 3.28. The highest BCUT2D eigenvalue weighted by Crippen LogP contribution is 2.14. The van der Waals surface area contributed by atoms with E-state index in [2.05, 4.69) is 26.2 Å². The normalized spacial score (nSPS) is 19.2. The Labute approximate surface area is 109 Å². The summed E-state index contributed by atoms with van der Waals surface area (Å²) in [7, 11) is 0. The molecular formula is C12H15BrN2O2. The fourth-order valence-corrected chi connectivity index (χ4v) is 2.05. The van der Waals surface area contributed by atoms with Crippen LogP contribution in [0.15, 0.2) is 22.8 Å².